The van der Waals surface area contributed by atoms with Gasteiger partial charge in [0, 0.05) is 12.4 Å². The van der Waals surface area contributed by atoms with Gasteiger partial charge in [-0.05, 0) is 25.1 Å². The van der Waals surface area contributed by atoms with Crippen LogP contribution in [0.25, 0.3) is 0 Å². The first kappa shape index (κ1) is 14.0. The van der Waals surface area contributed by atoms with E-state index in [2.05, 4.69) is 4.98 Å². The van der Waals surface area contributed by atoms with E-state index >= 15 is 0 Å². The fourth-order valence-electron chi connectivity index (χ4n) is 1.74. The SMILES string of the molecule is Cc1nc(C(=O)N(C)c2ccc(C(=O)O)cc2N)cs1. The highest BCUT2D eigenvalue weighted by atomic mass is 32.1. The summed E-state index contributed by atoms with van der Waals surface area (Å²) in [5, 5.41) is 11.4. The molecule has 0 saturated carbocycles. The Morgan fingerprint density at radius 2 is 2.10 bits per heavy atom. The topological polar surface area (TPSA) is 96.5 Å². The van der Waals surface area contributed by atoms with E-state index in [9.17, 15) is 9.59 Å². The fourth-order valence-corrected chi connectivity index (χ4v) is 2.32. The van der Waals surface area contributed by atoms with Crippen LogP contribution in [0, 0.1) is 6.92 Å². The number of carboxylic acids is 1. The molecule has 1 amide bonds. The van der Waals surface area contributed by atoms with Gasteiger partial charge in [0.25, 0.3) is 5.91 Å². The number of rotatable bonds is 3. The number of carbonyl (C=O) groups excluding carboxylic acids is 1. The van der Waals surface area contributed by atoms with Crippen LogP contribution in [0.15, 0.2) is 23.6 Å². The van der Waals surface area contributed by atoms with Gasteiger partial charge in [0.05, 0.1) is 21.9 Å². The molecular formula is C13H13N3O3S. The zero-order valence-corrected chi connectivity index (χ0v) is 11.8. The number of hydrogen-bond acceptors (Lipinski definition) is 5. The smallest absolute Gasteiger partial charge is 0.335 e. The normalized spacial score (nSPS) is 10.3. The fraction of sp³-hybridized carbons (Fsp3) is 0.154. The molecule has 0 aliphatic rings. The molecule has 0 spiro atoms. The van der Waals surface area contributed by atoms with Crippen molar-refractivity contribution in [3.63, 3.8) is 0 Å². The summed E-state index contributed by atoms with van der Waals surface area (Å²) < 4.78 is 0. The monoisotopic (exact) mass is 291 g/mol. The summed E-state index contributed by atoms with van der Waals surface area (Å²) in [6.07, 6.45) is 0. The molecule has 3 N–H and O–H groups in total. The van der Waals surface area contributed by atoms with Gasteiger partial charge in [-0.25, -0.2) is 9.78 Å². The molecule has 0 unspecified atom stereocenters. The molecule has 7 heteroatoms. The zero-order valence-electron chi connectivity index (χ0n) is 11.0. The molecule has 2 aromatic rings. The minimum Gasteiger partial charge on any atom is -0.478 e. The number of hydrogen-bond donors (Lipinski definition) is 2. The molecule has 0 atom stereocenters. The van der Waals surface area contributed by atoms with Crippen molar-refractivity contribution < 1.29 is 14.7 Å². The van der Waals surface area contributed by atoms with Crippen LogP contribution in [0.3, 0.4) is 0 Å². The first-order valence-electron chi connectivity index (χ1n) is 5.73. The molecule has 0 aliphatic carbocycles. The Balaban J connectivity index is 2.31. The maximum absolute atomic E-state index is 12.2. The summed E-state index contributed by atoms with van der Waals surface area (Å²) in [4.78, 5) is 28.6. The highest BCUT2D eigenvalue weighted by Gasteiger charge is 2.18. The van der Waals surface area contributed by atoms with Crippen molar-refractivity contribution in [1.29, 1.82) is 0 Å². The molecular weight excluding hydrogens is 278 g/mol. The van der Waals surface area contributed by atoms with Crippen LogP contribution in [0.5, 0.6) is 0 Å². The first-order valence-corrected chi connectivity index (χ1v) is 6.61. The van der Waals surface area contributed by atoms with Gasteiger partial charge < -0.3 is 15.7 Å². The third-order valence-electron chi connectivity index (χ3n) is 2.78. The number of carbonyl (C=O) groups is 2. The van der Waals surface area contributed by atoms with Gasteiger partial charge in [0.15, 0.2) is 0 Å². The second-order valence-corrected chi connectivity index (χ2v) is 5.26. The van der Waals surface area contributed by atoms with Crippen molar-refractivity contribution in [2.75, 3.05) is 17.7 Å². The lowest BCUT2D eigenvalue weighted by Crippen LogP contribution is -2.27. The molecule has 1 aromatic carbocycles. The molecule has 6 nitrogen and oxygen atoms in total. The van der Waals surface area contributed by atoms with Crippen LogP contribution >= 0.6 is 11.3 Å². The van der Waals surface area contributed by atoms with E-state index in [0.29, 0.717) is 11.4 Å². The number of amides is 1. The Morgan fingerprint density at radius 1 is 1.40 bits per heavy atom. The lowest BCUT2D eigenvalue weighted by molar-refractivity contribution is 0.0697. The Kier molecular flexibility index (Phi) is 3.71. The summed E-state index contributed by atoms with van der Waals surface area (Å²) in [6.45, 7) is 1.82. The predicted octanol–water partition coefficient (Wildman–Crippen LogP) is 2.01. The number of aromatic nitrogens is 1. The molecule has 2 rings (SSSR count). The Hall–Kier alpha value is -2.41. The lowest BCUT2D eigenvalue weighted by Gasteiger charge is -2.18. The minimum atomic E-state index is -1.06. The van der Waals surface area contributed by atoms with Gasteiger partial charge in [-0.3, -0.25) is 4.79 Å². The average molecular weight is 291 g/mol. The van der Waals surface area contributed by atoms with Crippen molar-refractivity contribution in [2.24, 2.45) is 0 Å². The Bertz CT molecular complexity index is 681. The molecule has 1 heterocycles. The third-order valence-corrected chi connectivity index (χ3v) is 3.55. The van der Waals surface area contributed by atoms with Crippen LogP contribution in [-0.4, -0.2) is 29.0 Å². The summed E-state index contributed by atoms with van der Waals surface area (Å²) in [6, 6.07) is 4.24. The van der Waals surface area contributed by atoms with Crippen molar-refractivity contribution in [2.45, 2.75) is 6.92 Å². The van der Waals surface area contributed by atoms with Gasteiger partial charge in [-0.1, -0.05) is 0 Å². The van der Waals surface area contributed by atoms with Crippen LogP contribution in [0.2, 0.25) is 0 Å². The standard InChI is InChI=1S/C13H13N3O3S/c1-7-15-10(6-20-7)12(17)16(2)11-4-3-8(13(18)19)5-9(11)14/h3-6H,14H2,1-2H3,(H,18,19). The molecule has 1 aromatic heterocycles. The first-order chi connectivity index (χ1) is 9.40. The molecule has 0 aliphatic heterocycles. The van der Waals surface area contributed by atoms with E-state index in [-0.39, 0.29) is 17.2 Å². The van der Waals surface area contributed by atoms with Gasteiger partial charge in [-0.2, -0.15) is 0 Å². The second-order valence-electron chi connectivity index (χ2n) is 4.19. The number of benzene rings is 1. The molecule has 20 heavy (non-hydrogen) atoms. The van der Waals surface area contributed by atoms with E-state index in [1.54, 1.807) is 12.4 Å². The van der Waals surface area contributed by atoms with Crippen LogP contribution < -0.4 is 10.6 Å². The van der Waals surface area contributed by atoms with E-state index in [4.69, 9.17) is 10.8 Å². The Labute approximate surface area is 119 Å². The Morgan fingerprint density at radius 3 is 2.60 bits per heavy atom. The van der Waals surface area contributed by atoms with E-state index in [1.165, 1.54) is 34.4 Å². The van der Waals surface area contributed by atoms with Gasteiger partial charge in [-0.15, -0.1) is 11.3 Å². The number of nitrogens with zero attached hydrogens (tertiary/aromatic N) is 2. The number of nitrogens with two attached hydrogens (primary N) is 1. The summed E-state index contributed by atoms with van der Waals surface area (Å²) in [5.74, 6) is -1.35. The second kappa shape index (κ2) is 5.30. The third kappa shape index (κ3) is 2.62. The molecule has 0 radical (unpaired) electrons. The largest absolute Gasteiger partial charge is 0.478 e. The maximum Gasteiger partial charge on any atom is 0.335 e. The van der Waals surface area contributed by atoms with Crippen LogP contribution in [0.1, 0.15) is 25.9 Å². The minimum absolute atomic E-state index is 0.0802. The summed E-state index contributed by atoms with van der Waals surface area (Å²) in [7, 11) is 1.57. The van der Waals surface area contributed by atoms with Gasteiger partial charge >= 0.3 is 5.97 Å². The van der Waals surface area contributed by atoms with Crippen LogP contribution in [-0.2, 0) is 0 Å². The number of nitrogen functional groups attached to an aromatic ring is 1. The lowest BCUT2D eigenvalue weighted by atomic mass is 10.1. The zero-order chi connectivity index (χ0) is 14.9. The van der Waals surface area contributed by atoms with Crippen molar-refractivity contribution in [3.8, 4) is 0 Å². The van der Waals surface area contributed by atoms with E-state index in [0.717, 1.165) is 5.01 Å². The summed E-state index contributed by atoms with van der Waals surface area (Å²) in [5.41, 5.74) is 6.91. The molecule has 0 fully saturated rings. The van der Waals surface area contributed by atoms with Crippen molar-refractivity contribution >= 4 is 34.6 Å². The number of aromatic carboxylic acids is 1. The van der Waals surface area contributed by atoms with E-state index in [1.807, 2.05) is 6.92 Å². The van der Waals surface area contributed by atoms with Crippen molar-refractivity contribution in [1.82, 2.24) is 4.98 Å². The van der Waals surface area contributed by atoms with Gasteiger partial charge in [0.2, 0.25) is 0 Å². The molecule has 104 valence electrons. The van der Waals surface area contributed by atoms with E-state index < -0.39 is 5.97 Å². The van der Waals surface area contributed by atoms with Gasteiger partial charge in [0.1, 0.15) is 5.69 Å². The average Bonchev–Trinajstić information content (AvgIpc) is 2.83. The molecule has 0 saturated heterocycles. The summed E-state index contributed by atoms with van der Waals surface area (Å²) >= 11 is 1.39. The highest BCUT2D eigenvalue weighted by Crippen LogP contribution is 2.25. The van der Waals surface area contributed by atoms with Crippen molar-refractivity contribution in [3.05, 3.63) is 39.8 Å². The number of aryl methyl sites for hydroxylation is 1. The number of anilines is 2. The molecule has 0 bridgehead atoms. The predicted molar refractivity (Wildman–Crippen MR) is 77.4 cm³/mol. The quantitative estimate of drug-likeness (QED) is 0.843. The highest BCUT2D eigenvalue weighted by molar-refractivity contribution is 7.09. The maximum atomic E-state index is 12.2. The van der Waals surface area contributed by atoms with Crippen LogP contribution in [0.4, 0.5) is 11.4 Å². The number of carboxylic acid groups (broad SMARTS) is 1. The number of thiazole rings is 1.